The summed E-state index contributed by atoms with van der Waals surface area (Å²) in [4.78, 5) is 16.9. The molecule has 0 saturated heterocycles. The molecule has 1 aromatic heterocycles. The Labute approximate surface area is 114 Å². The van der Waals surface area contributed by atoms with Gasteiger partial charge in [-0.3, -0.25) is 10.1 Å². The summed E-state index contributed by atoms with van der Waals surface area (Å²) in [7, 11) is 0. The fourth-order valence-electron chi connectivity index (χ4n) is 1.91. The van der Waals surface area contributed by atoms with Gasteiger partial charge in [0.05, 0.1) is 4.92 Å². The normalized spacial score (nSPS) is 10.7. The summed E-state index contributed by atoms with van der Waals surface area (Å²) in [6.45, 7) is 9.59. The molecule has 19 heavy (non-hydrogen) atoms. The molecule has 0 aliphatic rings. The van der Waals surface area contributed by atoms with Crippen LogP contribution in [0.3, 0.4) is 0 Å². The monoisotopic (exact) mass is 266 g/mol. The molecule has 106 valence electrons. The van der Waals surface area contributed by atoms with E-state index in [9.17, 15) is 10.1 Å². The number of nitro groups is 1. The molecule has 0 fully saturated rings. The number of nitrogens with zero attached hydrogens (tertiary/aromatic N) is 3. The van der Waals surface area contributed by atoms with Crippen molar-refractivity contribution in [1.29, 1.82) is 0 Å². The zero-order chi connectivity index (χ0) is 14.3. The minimum Gasteiger partial charge on any atom is -0.363 e. The highest BCUT2D eigenvalue weighted by molar-refractivity contribution is 5.56. The predicted molar refractivity (Wildman–Crippen MR) is 76.5 cm³/mol. The van der Waals surface area contributed by atoms with Gasteiger partial charge in [-0.2, -0.15) is 0 Å². The van der Waals surface area contributed by atoms with Crippen LogP contribution in [-0.2, 0) is 0 Å². The largest absolute Gasteiger partial charge is 0.363 e. The second-order valence-electron chi connectivity index (χ2n) is 4.50. The molecule has 0 aromatic carbocycles. The molecule has 1 heterocycles. The summed E-state index contributed by atoms with van der Waals surface area (Å²) in [6.07, 6.45) is 2.75. The van der Waals surface area contributed by atoms with Crippen LogP contribution in [0.4, 0.5) is 11.5 Å². The molecule has 0 aliphatic heterocycles. The number of aryl methyl sites for hydroxylation is 1. The van der Waals surface area contributed by atoms with Crippen molar-refractivity contribution in [1.82, 2.24) is 9.88 Å². The van der Waals surface area contributed by atoms with Crippen LogP contribution >= 0.6 is 0 Å². The van der Waals surface area contributed by atoms with E-state index in [1.54, 1.807) is 19.2 Å². The summed E-state index contributed by atoms with van der Waals surface area (Å²) < 4.78 is 0. The molecule has 6 heteroatoms. The lowest BCUT2D eigenvalue weighted by molar-refractivity contribution is -0.384. The maximum Gasteiger partial charge on any atom is 0.311 e. The maximum atomic E-state index is 10.9. The molecular weight excluding hydrogens is 244 g/mol. The van der Waals surface area contributed by atoms with E-state index in [1.807, 2.05) is 0 Å². The Balaban J connectivity index is 2.60. The van der Waals surface area contributed by atoms with Crippen LogP contribution in [0, 0.1) is 17.0 Å². The minimum atomic E-state index is -0.397. The predicted octanol–water partition coefficient (Wildman–Crippen LogP) is 2.44. The zero-order valence-corrected chi connectivity index (χ0v) is 11.8. The van der Waals surface area contributed by atoms with Crippen LogP contribution in [0.15, 0.2) is 12.3 Å². The third-order valence-electron chi connectivity index (χ3n) is 2.91. The van der Waals surface area contributed by atoms with Gasteiger partial charge >= 0.3 is 5.69 Å². The molecule has 1 N–H and O–H groups in total. The van der Waals surface area contributed by atoms with Gasteiger partial charge < -0.3 is 10.2 Å². The van der Waals surface area contributed by atoms with E-state index in [2.05, 4.69) is 29.0 Å². The van der Waals surface area contributed by atoms with Gasteiger partial charge in [-0.1, -0.05) is 13.8 Å². The Bertz CT molecular complexity index is 423. The van der Waals surface area contributed by atoms with E-state index in [4.69, 9.17) is 0 Å². The molecule has 1 rings (SSSR count). The Morgan fingerprint density at radius 3 is 2.74 bits per heavy atom. The quantitative estimate of drug-likeness (QED) is 0.578. The zero-order valence-electron chi connectivity index (χ0n) is 11.8. The number of anilines is 1. The first kappa shape index (κ1) is 15.4. The van der Waals surface area contributed by atoms with Crippen LogP contribution in [0.2, 0.25) is 0 Å². The first-order valence-electron chi connectivity index (χ1n) is 6.65. The van der Waals surface area contributed by atoms with Gasteiger partial charge in [0.1, 0.15) is 0 Å². The van der Waals surface area contributed by atoms with Crippen molar-refractivity contribution in [2.45, 2.75) is 27.2 Å². The smallest absolute Gasteiger partial charge is 0.311 e. The summed E-state index contributed by atoms with van der Waals surface area (Å²) in [5, 5.41) is 14.0. The first-order chi connectivity index (χ1) is 9.08. The third-order valence-corrected chi connectivity index (χ3v) is 2.91. The SMILES string of the molecule is CCCN(CC)CCNc1ncc(C)cc1[N+](=O)[O-]. The number of nitrogens with one attached hydrogen (secondary N) is 1. The first-order valence-corrected chi connectivity index (χ1v) is 6.65. The van der Waals surface area contributed by atoms with E-state index >= 15 is 0 Å². The molecule has 0 saturated carbocycles. The van der Waals surface area contributed by atoms with Crippen LogP contribution in [-0.4, -0.2) is 41.0 Å². The molecule has 0 bridgehead atoms. The lowest BCUT2D eigenvalue weighted by atomic mass is 10.3. The fourth-order valence-corrected chi connectivity index (χ4v) is 1.91. The van der Waals surface area contributed by atoms with Crippen molar-refractivity contribution < 1.29 is 4.92 Å². The van der Waals surface area contributed by atoms with E-state index in [-0.39, 0.29) is 5.69 Å². The number of rotatable bonds is 8. The summed E-state index contributed by atoms with van der Waals surface area (Å²) >= 11 is 0. The van der Waals surface area contributed by atoms with Gasteiger partial charge in [0, 0.05) is 25.4 Å². The summed E-state index contributed by atoms with van der Waals surface area (Å²) in [6, 6.07) is 1.54. The van der Waals surface area contributed by atoms with Crippen molar-refractivity contribution in [2.24, 2.45) is 0 Å². The molecule has 0 amide bonds. The van der Waals surface area contributed by atoms with Gasteiger partial charge in [0.15, 0.2) is 0 Å². The molecule has 0 aliphatic carbocycles. The van der Waals surface area contributed by atoms with E-state index in [0.29, 0.717) is 12.4 Å². The Kier molecular flexibility index (Phi) is 6.21. The van der Waals surface area contributed by atoms with Gasteiger partial charge in [-0.15, -0.1) is 0 Å². The van der Waals surface area contributed by atoms with Crippen molar-refractivity contribution >= 4 is 11.5 Å². The lowest BCUT2D eigenvalue weighted by Gasteiger charge is -2.19. The lowest BCUT2D eigenvalue weighted by Crippen LogP contribution is -2.29. The number of likely N-dealkylation sites (N-methyl/N-ethyl adjacent to an activating group) is 1. The van der Waals surface area contributed by atoms with Gasteiger partial charge in [-0.05, 0) is 32.0 Å². The molecule has 0 unspecified atom stereocenters. The molecule has 1 aromatic rings. The summed E-state index contributed by atoms with van der Waals surface area (Å²) in [5.41, 5.74) is 0.831. The van der Waals surface area contributed by atoms with Crippen molar-refractivity contribution in [2.75, 3.05) is 31.5 Å². The fraction of sp³-hybridized carbons (Fsp3) is 0.615. The van der Waals surface area contributed by atoms with Crippen molar-refractivity contribution in [3.63, 3.8) is 0 Å². The molecule has 0 atom stereocenters. The number of hydrogen-bond acceptors (Lipinski definition) is 5. The number of aromatic nitrogens is 1. The molecule has 0 spiro atoms. The van der Waals surface area contributed by atoms with Crippen molar-refractivity contribution in [3.8, 4) is 0 Å². The van der Waals surface area contributed by atoms with Crippen molar-refractivity contribution in [3.05, 3.63) is 27.9 Å². The Morgan fingerprint density at radius 1 is 1.42 bits per heavy atom. The number of pyridine rings is 1. The van der Waals surface area contributed by atoms with Gasteiger partial charge in [0.25, 0.3) is 0 Å². The van der Waals surface area contributed by atoms with Crippen LogP contribution in [0.1, 0.15) is 25.8 Å². The Hall–Kier alpha value is -1.69. The van der Waals surface area contributed by atoms with E-state index < -0.39 is 4.92 Å². The average Bonchev–Trinajstić information content (AvgIpc) is 2.39. The third kappa shape index (κ3) is 4.82. The van der Waals surface area contributed by atoms with Gasteiger partial charge in [0.2, 0.25) is 5.82 Å². The van der Waals surface area contributed by atoms with E-state index in [0.717, 1.165) is 31.6 Å². The van der Waals surface area contributed by atoms with Crippen LogP contribution < -0.4 is 5.32 Å². The second kappa shape index (κ2) is 7.68. The van der Waals surface area contributed by atoms with E-state index in [1.165, 1.54) is 0 Å². The standard InChI is InChI=1S/C13H22N4O2/c1-4-7-16(5-2)8-6-14-13-12(17(18)19)9-11(3)10-15-13/h9-10H,4-8H2,1-3H3,(H,14,15). The molecular formula is C13H22N4O2. The maximum absolute atomic E-state index is 10.9. The van der Waals surface area contributed by atoms with Crippen LogP contribution in [0.5, 0.6) is 0 Å². The van der Waals surface area contributed by atoms with Crippen LogP contribution in [0.25, 0.3) is 0 Å². The topological polar surface area (TPSA) is 71.3 Å². The summed E-state index contributed by atoms with van der Waals surface area (Å²) in [5.74, 6) is 0.350. The highest BCUT2D eigenvalue weighted by Crippen LogP contribution is 2.21. The Morgan fingerprint density at radius 2 is 2.16 bits per heavy atom. The highest BCUT2D eigenvalue weighted by Gasteiger charge is 2.15. The van der Waals surface area contributed by atoms with Gasteiger partial charge in [-0.25, -0.2) is 4.98 Å². The highest BCUT2D eigenvalue weighted by atomic mass is 16.6. The average molecular weight is 266 g/mol. The molecule has 0 radical (unpaired) electrons. The number of hydrogen-bond donors (Lipinski definition) is 1. The minimum absolute atomic E-state index is 0.0403. The second-order valence-corrected chi connectivity index (χ2v) is 4.50. The molecule has 6 nitrogen and oxygen atoms in total.